The van der Waals surface area contributed by atoms with Gasteiger partial charge in [-0.2, -0.15) is 26.3 Å². The number of halogens is 9. The van der Waals surface area contributed by atoms with Gasteiger partial charge in [0.1, 0.15) is 0 Å². The Morgan fingerprint density at radius 1 is 1.00 bits per heavy atom. The van der Waals surface area contributed by atoms with Crippen LogP contribution in [0.25, 0.3) is 0 Å². The van der Waals surface area contributed by atoms with E-state index >= 15 is 0 Å². The van der Waals surface area contributed by atoms with Crippen LogP contribution in [0.1, 0.15) is 5.56 Å². The van der Waals surface area contributed by atoms with Crippen molar-refractivity contribution in [3.05, 3.63) is 33.0 Å². The first-order chi connectivity index (χ1) is 8.34. The summed E-state index contributed by atoms with van der Waals surface area (Å²) < 4.78 is 88.0. The van der Waals surface area contributed by atoms with Crippen LogP contribution < -0.4 is 0 Å². The summed E-state index contributed by atoms with van der Waals surface area (Å²) in [4.78, 5) is 0. The maximum atomic E-state index is 13.3. The quantitative estimate of drug-likeness (QED) is 0.564. The van der Waals surface area contributed by atoms with E-state index in [4.69, 9.17) is 16.7 Å². The van der Waals surface area contributed by atoms with Crippen molar-refractivity contribution < 1.29 is 35.8 Å². The lowest BCUT2D eigenvalue weighted by Gasteiger charge is -2.33. The van der Waals surface area contributed by atoms with Crippen LogP contribution in [0.4, 0.5) is 30.7 Å². The summed E-state index contributed by atoms with van der Waals surface area (Å²) in [7, 11) is 0. The Hall–Kier alpha value is -0.540. The first kappa shape index (κ1) is 16.5. The zero-order chi connectivity index (χ0) is 15.2. The normalized spacial score (nSPS) is 13.8. The van der Waals surface area contributed by atoms with E-state index in [0.29, 0.717) is 6.07 Å². The van der Waals surface area contributed by atoms with Crippen molar-refractivity contribution >= 4 is 27.5 Å². The lowest BCUT2D eigenvalue weighted by molar-refractivity contribution is -0.376. The Morgan fingerprint density at radius 3 is 1.79 bits per heavy atom. The predicted octanol–water partition coefficient (Wildman–Crippen LogP) is 4.55. The molecule has 10 heteroatoms. The second-order valence-corrected chi connectivity index (χ2v) is 4.66. The van der Waals surface area contributed by atoms with E-state index in [0.717, 1.165) is 0 Å². The van der Waals surface area contributed by atoms with Crippen molar-refractivity contribution in [1.82, 2.24) is 0 Å². The van der Waals surface area contributed by atoms with Gasteiger partial charge in [0.25, 0.3) is 5.60 Å². The topological polar surface area (TPSA) is 20.2 Å². The summed E-state index contributed by atoms with van der Waals surface area (Å²) in [6.07, 6.45) is -12.2. The van der Waals surface area contributed by atoms with Gasteiger partial charge in [0, 0.05) is 5.56 Å². The molecule has 0 bridgehead atoms. The van der Waals surface area contributed by atoms with E-state index in [1.807, 2.05) is 0 Å². The van der Waals surface area contributed by atoms with Gasteiger partial charge < -0.3 is 5.11 Å². The minimum atomic E-state index is -6.12. The molecule has 1 nitrogen and oxygen atoms in total. The SMILES string of the molecule is OC(c1ccc(Br)c(F)c1Cl)(C(F)(F)F)C(F)(F)F. The molecule has 0 aliphatic heterocycles. The molecule has 1 aromatic rings. The highest BCUT2D eigenvalue weighted by Gasteiger charge is 2.72. The van der Waals surface area contributed by atoms with Gasteiger partial charge in [-0.05, 0) is 22.0 Å². The van der Waals surface area contributed by atoms with Gasteiger partial charge in [0.2, 0.25) is 0 Å². The predicted molar refractivity (Wildman–Crippen MR) is 55.1 cm³/mol. The molecule has 0 aromatic heterocycles. The fourth-order valence-electron chi connectivity index (χ4n) is 1.27. The highest BCUT2D eigenvalue weighted by Crippen LogP contribution is 2.52. The molecule has 0 spiro atoms. The van der Waals surface area contributed by atoms with Crippen LogP contribution in [0.15, 0.2) is 16.6 Å². The summed E-state index contributed by atoms with van der Waals surface area (Å²) in [5.41, 5.74) is -7.08. The van der Waals surface area contributed by atoms with Crippen molar-refractivity contribution in [3.8, 4) is 0 Å². The minimum Gasteiger partial charge on any atom is -0.369 e. The van der Waals surface area contributed by atoms with Gasteiger partial charge in [-0.15, -0.1) is 0 Å². The van der Waals surface area contributed by atoms with Gasteiger partial charge in [0.05, 0.1) is 9.50 Å². The molecule has 0 amide bonds. The summed E-state index contributed by atoms with van der Waals surface area (Å²) in [6, 6.07) is 0.829. The Labute approximate surface area is 115 Å². The zero-order valence-corrected chi connectivity index (χ0v) is 10.8. The molecule has 0 aliphatic rings. The molecule has 0 heterocycles. The third-order valence-corrected chi connectivity index (χ3v) is 3.23. The van der Waals surface area contributed by atoms with Crippen molar-refractivity contribution in [2.45, 2.75) is 18.0 Å². The minimum absolute atomic E-state index is 0.247. The van der Waals surface area contributed by atoms with Crippen molar-refractivity contribution in [3.63, 3.8) is 0 Å². The average Bonchev–Trinajstić information content (AvgIpc) is 2.22. The molecule has 108 valence electrons. The number of hydrogen-bond donors (Lipinski definition) is 1. The summed E-state index contributed by atoms with van der Waals surface area (Å²) in [6.45, 7) is 0. The molecule has 0 saturated heterocycles. The van der Waals surface area contributed by atoms with Crippen LogP contribution in [-0.4, -0.2) is 17.5 Å². The van der Waals surface area contributed by atoms with Crippen LogP contribution >= 0.6 is 27.5 Å². The van der Waals surface area contributed by atoms with E-state index in [-0.39, 0.29) is 6.07 Å². The van der Waals surface area contributed by atoms with Crippen molar-refractivity contribution in [1.29, 1.82) is 0 Å². The van der Waals surface area contributed by atoms with Gasteiger partial charge in [-0.3, -0.25) is 0 Å². The first-order valence-electron chi connectivity index (χ1n) is 4.34. The van der Waals surface area contributed by atoms with E-state index in [9.17, 15) is 30.7 Å². The Kier molecular flexibility index (Phi) is 4.15. The Balaban J connectivity index is 3.67. The van der Waals surface area contributed by atoms with Crippen LogP contribution in [0.5, 0.6) is 0 Å². The number of hydrogen-bond acceptors (Lipinski definition) is 1. The van der Waals surface area contributed by atoms with Gasteiger partial charge in [-0.1, -0.05) is 17.7 Å². The molecule has 0 atom stereocenters. The first-order valence-corrected chi connectivity index (χ1v) is 5.51. The molecule has 0 aliphatic carbocycles. The summed E-state index contributed by atoms with van der Waals surface area (Å²) >= 11 is 7.67. The van der Waals surface area contributed by atoms with Gasteiger partial charge in [0.15, 0.2) is 5.82 Å². The molecule has 1 N–H and O–H groups in total. The molecule has 0 unspecified atom stereocenters. The van der Waals surface area contributed by atoms with Crippen LogP contribution in [0.3, 0.4) is 0 Å². The maximum absolute atomic E-state index is 13.3. The van der Waals surface area contributed by atoms with Crippen LogP contribution in [0.2, 0.25) is 5.02 Å². The van der Waals surface area contributed by atoms with E-state index in [1.54, 1.807) is 0 Å². The zero-order valence-electron chi connectivity index (χ0n) is 8.50. The standard InChI is InChI=1S/C9H3BrClF7O/c10-4-2-1-3(5(11)6(4)12)7(19,8(13,14)15)9(16,17)18/h1-2,19H. The Morgan fingerprint density at radius 2 is 1.42 bits per heavy atom. The fraction of sp³-hybridized carbons (Fsp3) is 0.333. The van der Waals surface area contributed by atoms with Gasteiger partial charge in [-0.25, -0.2) is 4.39 Å². The summed E-state index contributed by atoms with van der Waals surface area (Å²) in [5, 5.41) is 7.57. The molecule has 1 aromatic carbocycles. The Bertz CT molecular complexity index is 483. The summed E-state index contributed by atoms with van der Waals surface area (Å²) in [5.74, 6) is -1.54. The number of aliphatic hydroxyl groups is 1. The third-order valence-electron chi connectivity index (χ3n) is 2.25. The molecular weight excluding hydrogens is 372 g/mol. The molecule has 0 saturated carbocycles. The van der Waals surface area contributed by atoms with Crippen LogP contribution in [-0.2, 0) is 5.60 Å². The van der Waals surface area contributed by atoms with E-state index in [2.05, 4.69) is 15.9 Å². The van der Waals surface area contributed by atoms with Gasteiger partial charge >= 0.3 is 12.4 Å². The van der Waals surface area contributed by atoms with Crippen molar-refractivity contribution in [2.24, 2.45) is 0 Å². The second kappa shape index (κ2) is 4.78. The highest BCUT2D eigenvalue weighted by molar-refractivity contribution is 9.10. The maximum Gasteiger partial charge on any atom is 0.430 e. The number of rotatable bonds is 1. The van der Waals surface area contributed by atoms with Crippen molar-refractivity contribution in [2.75, 3.05) is 0 Å². The lowest BCUT2D eigenvalue weighted by Crippen LogP contribution is -2.54. The van der Waals surface area contributed by atoms with E-state index < -0.39 is 38.8 Å². The average molecular weight is 375 g/mol. The molecule has 1 rings (SSSR count). The highest BCUT2D eigenvalue weighted by atomic mass is 79.9. The molecule has 0 radical (unpaired) electrons. The number of benzene rings is 1. The third kappa shape index (κ3) is 2.55. The van der Waals surface area contributed by atoms with E-state index in [1.165, 1.54) is 0 Å². The lowest BCUT2D eigenvalue weighted by atomic mass is 9.92. The smallest absolute Gasteiger partial charge is 0.369 e. The molecule has 19 heavy (non-hydrogen) atoms. The number of alkyl halides is 6. The molecular formula is C9H3BrClF7O. The monoisotopic (exact) mass is 374 g/mol. The largest absolute Gasteiger partial charge is 0.430 e. The van der Waals surface area contributed by atoms with Crippen LogP contribution in [0, 0.1) is 5.82 Å². The fourth-order valence-corrected chi connectivity index (χ4v) is 2.02. The second-order valence-electron chi connectivity index (χ2n) is 3.43. The molecule has 0 fully saturated rings.